The number of nitrogens with one attached hydrogen (secondary N) is 1. The summed E-state index contributed by atoms with van der Waals surface area (Å²) in [6.07, 6.45) is 4.01. The van der Waals surface area contributed by atoms with Crippen molar-refractivity contribution in [2.24, 2.45) is 0 Å². The highest BCUT2D eigenvalue weighted by Crippen LogP contribution is 2.21. The Bertz CT molecular complexity index is 866. The fraction of sp³-hybridized carbons (Fsp3) is 0.389. The lowest BCUT2D eigenvalue weighted by atomic mass is 10.2. The highest BCUT2D eigenvalue weighted by molar-refractivity contribution is 7.87. The number of benzene rings is 1. The van der Waals surface area contributed by atoms with Crippen LogP contribution in [0.4, 0.5) is 10.2 Å². The van der Waals surface area contributed by atoms with E-state index in [9.17, 15) is 12.8 Å². The molecular formula is C18H22ClFN4O2S. The molecule has 6 nitrogen and oxygen atoms in total. The maximum atomic E-state index is 13.9. The molecule has 0 atom stereocenters. The number of anilines is 1. The van der Waals surface area contributed by atoms with Gasteiger partial charge in [0.05, 0.1) is 0 Å². The minimum atomic E-state index is -3.80. The number of hydrogen-bond acceptors (Lipinski definition) is 4. The number of nitrogens with zero attached hydrogens (tertiary/aromatic N) is 3. The molecular weight excluding hydrogens is 391 g/mol. The normalized spacial score (nSPS) is 14.9. The third-order valence-corrected chi connectivity index (χ3v) is 6.36. The van der Waals surface area contributed by atoms with Gasteiger partial charge in [-0.1, -0.05) is 23.7 Å². The molecule has 1 aliphatic rings. The van der Waals surface area contributed by atoms with Crippen LogP contribution < -0.4 is 9.62 Å². The van der Waals surface area contributed by atoms with Crippen molar-refractivity contribution in [1.82, 2.24) is 14.0 Å². The van der Waals surface area contributed by atoms with E-state index in [1.165, 1.54) is 38.1 Å². The minimum Gasteiger partial charge on any atom is -0.357 e. The van der Waals surface area contributed by atoms with E-state index in [0.29, 0.717) is 0 Å². The molecule has 2 aromatic rings. The van der Waals surface area contributed by atoms with Gasteiger partial charge in [-0.05, 0) is 36.6 Å². The Balaban J connectivity index is 1.60. The van der Waals surface area contributed by atoms with Gasteiger partial charge in [0.15, 0.2) is 0 Å². The van der Waals surface area contributed by atoms with Crippen LogP contribution in [0.15, 0.2) is 36.5 Å². The second kappa shape index (κ2) is 8.52. The van der Waals surface area contributed by atoms with Gasteiger partial charge >= 0.3 is 0 Å². The fourth-order valence-corrected chi connectivity index (χ4v) is 4.02. The van der Waals surface area contributed by atoms with E-state index in [0.717, 1.165) is 28.8 Å². The first-order chi connectivity index (χ1) is 12.9. The van der Waals surface area contributed by atoms with Gasteiger partial charge in [0, 0.05) is 50.0 Å². The fourth-order valence-electron chi connectivity index (χ4n) is 2.93. The second-order valence-electron chi connectivity index (χ2n) is 6.50. The smallest absolute Gasteiger partial charge is 0.279 e. The zero-order valence-electron chi connectivity index (χ0n) is 15.0. The third-order valence-electron chi connectivity index (χ3n) is 4.55. The molecule has 1 saturated heterocycles. The molecule has 9 heteroatoms. The Morgan fingerprint density at radius 2 is 2.00 bits per heavy atom. The molecule has 0 bridgehead atoms. The van der Waals surface area contributed by atoms with Gasteiger partial charge in [-0.25, -0.2) is 9.37 Å². The van der Waals surface area contributed by atoms with Crippen LogP contribution in [0.2, 0.25) is 5.02 Å². The average Bonchev–Trinajstić information content (AvgIpc) is 3.18. The van der Waals surface area contributed by atoms with Gasteiger partial charge in [-0.3, -0.25) is 0 Å². The van der Waals surface area contributed by atoms with Crippen molar-refractivity contribution in [1.29, 1.82) is 0 Å². The Morgan fingerprint density at radius 1 is 1.26 bits per heavy atom. The van der Waals surface area contributed by atoms with Crippen molar-refractivity contribution in [3.8, 4) is 0 Å². The van der Waals surface area contributed by atoms with Crippen LogP contribution in [0.3, 0.4) is 0 Å². The maximum absolute atomic E-state index is 13.9. The van der Waals surface area contributed by atoms with Crippen LogP contribution >= 0.6 is 11.6 Å². The standard InChI is InChI=1S/C18H22ClFN4O2S/c1-23(13-15-16(19)5-4-6-17(15)20)27(25,26)22-12-14-7-8-18(21-11-14)24-9-2-3-10-24/h4-8,11,22H,2-3,9-10,12-13H2,1H3. The first kappa shape index (κ1) is 20.0. The molecule has 1 aromatic carbocycles. The summed E-state index contributed by atoms with van der Waals surface area (Å²) in [5, 5.41) is 0.193. The summed E-state index contributed by atoms with van der Waals surface area (Å²) in [4.78, 5) is 6.62. The van der Waals surface area contributed by atoms with Crippen LogP contribution in [-0.4, -0.2) is 37.8 Å². The molecule has 1 aromatic heterocycles. The van der Waals surface area contributed by atoms with E-state index < -0.39 is 16.0 Å². The van der Waals surface area contributed by atoms with Gasteiger partial charge < -0.3 is 4.90 Å². The molecule has 27 heavy (non-hydrogen) atoms. The number of pyridine rings is 1. The monoisotopic (exact) mass is 412 g/mol. The van der Waals surface area contributed by atoms with Crippen LogP contribution in [0, 0.1) is 5.82 Å². The van der Waals surface area contributed by atoms with Crippen molar-refractivity contribution in [2.45, 2.75) is 25.9 Å². The molecule has 1 aliphatic heterocycles. The Morgan fingerprint density at radius 3 is 2.63 bits per heavy atom. The van der Waals surface area contributed by atoms with Crippen LogP contribution in [-0.2, 0) is 23.3 Å². The Labute approximate surface area is 164 Å². The van der Waals surface area contributed by atoms with Crippen molar-refractivity contribution in [3.63, 3.8) is 0 Å². The van der Waals surface area contributed by atoms with Crippen molar-refractivity contribution in [2.75, 3.05) is 25.0 Å². The zero-order chi connectivity index (χ0) is 19.4. The van der Waals surface area contributed by atoms with Crippen molar-refractivity contribution < 1.29 is 12.8 Å². The lowest BCUT2D eigenvalue weighted by Crippen LogP contribution is -2.37. The predicted molar refractivity (Wildman–Crippen MR) is 104 cm³/mol. The highest BCUT2D eigenvalue weighted by atomic mass is 35.5. The molecule has 0 unspecified atom stereocenters. The lowest BCUT2D eigenvalue weighted by Gasteiger charge is -2.19. The Kier molecular flexibility index (Phi) is 6.31. The Hall–Kier alpha value is -1.74. The van der Waals surface area contributed by atoms with Crippen LogP contribution in [0.25, 0.3) is 0 Å². The van der Waals surface area contributed by atoms with Crippen LogP contribution in [0.5, 0.6) is 0 Å². The summed E-state index contributed by atoms with van der Waals surface area (Å²) in [5.41, 5.74) is 0.891. The average molecular weight is 413 g/mol. The molecule has 0 spiro atoms. The van der Waals surface area contributed by atoms with Crippen LogP contribution in [0.1, 0.15) is 24.0 Å². The van der Waals surface area contributed by atoms with E-state index in [2.05, 4.69) is 14.6 Å². The van der Waals surface area contributed by atoms with E-state index in [-0.39, 0.29) is 23.7 Å². The first-order valence-corrected chi connectivity index (χ1v) is 10.5. The van der Waals surface area contributed by atoms with Gasteiger partial charge in [0.2, 0.25) is 0 Å². The second-order valence-corrected chi connectivity index (χ2v) is 8.77. The van der Waals surface area contributed by atoms with Gasteiger partial charge in [-0.15, -0.1) is 0 Å². The molecule has 0 amide bonds. The van der Waals surface area contributed by atoms with E-state index in [1.54, 1.807) is 6.20 Å². The van der Waals surface area contributed by atoms with Crippen molar-refractivity contribution in [3.05, 3.63) is 58.5 Å². The van der Waals surface area contributed by atoms with Gasteiger partial charge in [0.25, 0.3) is 10.2 Å². The zero-order valence-corrected chi connectivity index (χ0v) is 16.6. The molecule has 3 rings (SSSR count). The highest BCUT2D eigenvalue weighted by Gasteiger charge is 2.20. The number of hydrogen-bond donors (Lipinski definition) is 1. The summed E-state index contributed by atoms with van der Waals surface area (Å²) < 4.78 is 42.3. The number of rotatable bonds is 7. The predicted octanol–water partition coefficient (Wildman–Crippen LogP) is 2.94. The third kappa shape index (κ3) is 4.95. The summed E-state index contributed by atoms with van der Waals surface area (Å²) >= 11 is 5.97. The van der Waals surface area contributed by atoms with E-state index in [4.69, 9.17) is 11.6 Å². The quantitative estimate of drug-likeness (QED) is 0.759. The summed E-state index contributed by atoms with van der Waals surface area (Å²) in [7, 11) is -2.42. The summed E-state index contributed by atoms with van der Waals surface area (Å²) in [5.74, 6) is 0.372. The summed E-state index contributed by atoms with van der Waals surface area (Å²) in [6.45, 7) is 1.95. The molecule has 1 N–H and O–H groups in total. The number of aromatic nitrogens is 1. The lowest BCUT2D eigenvalue weighted by molar-refractivity contribution is 0.446. The largest absolute Gasteiger partial charge is 0.357 e. The molecule has 146 valence electrons. The molecule has 0 radical (unpaired) electrons. The molecule has 1 fully saturated rings. The SMILES string of the molecule is CN(Cc1c(F)cccc1Cl)S(=O)(=O)NCc1ccc(N2CCCC2)nc1. The molecule has 0 aliphatic carbocycles. The topological polar surface area (TPSA) is 65.5 Å². The van der Waals surface area contributed by atoms with Gasteiger partial charge in [-0.2, -0.15) is 17.4 Å². The number of halogens is 2. The van der Waals surface area contributed by atoms with E-state index >= 15 is 0 Å². The molecule has 2 heterocycles. The molecule has 0 saturated carbocycles. The first-order valence-electron chi connectivity index (χ1n) is 8.70. The van der Waals surface area contributed by atoms with Crippen molar-refractivity contribution >= 4 is 27.6 Å². The van der Waals surface area contributed by atoms with E-state index in [1.807, 2.05) is 12.1 Å². The maximum Gasteiger partial charge on any atom is 0.279 e. The minimum absolute atomic E-state index is 0.102. The summed E-state index contributed by atoms with van der Waals surface area (Å²) in [6, 6.07) is 8.02. The van der Waals surface area contributed by atoms with Gasteiger partial charge in [0.1, 0.15) is 11.6 Å².